The van der Waals surface area contributed by atoms with Crippen LogP contribution in [-0.2, 0) is 63.6 Å². The molecule has 3 fully saturated rings. The SMILES string of the molecule is CC[C@H]1OC(=O)[C@H](C)[C@@H](OC2C[C@@](C)(OC)[C@@H](OC(C)=O)[C@H](C)O2)[C@H](C)[C@@H](O[C@@H]2O[C@H](C)C[C@H](N(C)C)[C@H]2O)[C@@](C)(OC)C[C@@H](C)C(=O)[C@H](C)[C@@H](OCNCc2ccccc2)[C@]1(C)O. The summed E-state index contributed by atoms with van der Waals surface area (Å²) >= 11 is 0. The fraction of sp³-hybridized carbons (Fsp3) is 0.812. The summed E-state index contributed by atoms with van der Waals surface area (Å²) in [6.45, 7) is 19.6. The van der Waals surface area contributed by atoms with Gasteiger partial charge in [0.25, 0.3) is 0 Å². The molecule has 1 unspecified atom stereocenters. The van der Waals surface area contributed by atoms with E-state index in [0.717, 1.165) is 5.56 Å². The quantitative estimate of drug-likeness (QED) is 0.131. The van der Waals surface area contributed by atoms with Gasteiger partial charge in [0.05, 0.1) is 42.7 Å². The molecule has 0 amide bonds. The van der Waals surface area contributed by atoms with Gasteiger partial charge in [-0.05, 0) is 80.5 Å². The number of rotatable bonds is 14. The molecule has 366 valence electrons. The van der Waals surface area contributed by atoms with Gasteiger partial charge in [0, 0.05) is 57.9 Å². The number of likely N-dealkylation sites (N-methyl/N-ethyl adjacent to an activating group) is 1. The van der Waals surface area contributed by atoms with Gasteiger partial charge >= 0.3 is 11.9 Å². The molecule has 1 aromatic carbocycles. The van der Waals surface area contributed by atoms with Gasteiger partial charge in [-0.1, -0.05) is 58.0 Å². The molecule has 64 heavy (non-hydrogen) atoms. The summed E-state index contributed by atoms with van der Waals surface area (Å²) in [4.78, 5) is 43.6. The van der Waals surface area contributed by atoms with E-state index in [9.17, 15) is 24.6 Å². The zero-order valence-electron chi connectivity index (χ0n) is 41.0. The number of carbonyl (C=O) groups excluding carboxylic acids is 3. The Morgan fingerprint density at radius 2 is 1.52 bits per heavy atom. The molecule has 0 saturated carbocycles. The van der Waals surface area contributed by atoms with E-state index in [0.29, 0.717) is 13.0 Å². The molecule has 16 nitrogen and oxygen atoms in total. The summed E-state index contributed by atoms with van der Waals surface area (Å²) in [7, 11) is 6.84. The molecule has 18 atom stereocenters. The zero-order valence-corrected chi connectivity index (χ0v) is 41.0. The van der Waals surface area contributed by atoms with E-state index in [-0.39, 0.29) is 43.9 Å². The minimum atomic E-state index is -1.84. The Labute approximate surface area is 381 Å². The summed E-state index contributed by atoms with van der Waals surface area (Å²) < 4.78 is 57.4. The number of nitrogens with one attached hydrogen (secondary N) is 1. The van der Waals surface area contributed by atoms with Crippen LogP contribution in [0.15, 0.2) is 30.3 Å². The van der Waals surface area contributed by atoms with Crippen molar-refractivity contribution in [3.63, 3.8) is 0 Å². The summed E-state index contributed by atoms with van der Waals surface area (Å²) in [5, 5.41) is 27.5. The second kappa shape index (κ2) is 22.9. The summed E-state index contributed by atoms with van der Waals surface area (Å²) in [5.74, 6) is -4.69. The maximum absolute atomic E-state index is 14.7. The topological polar surface area (TPSA) is 190 Å². The minimum absolute atomic E-state index is 0.00375. The third-order valence-corrected chi connectivity index (χ3v) is 14.0. The summed E-state index contributed by atoms with van der Waals surface area (Å²) in [6.07, 6.45) is -8.14. The van der Waals surface area contributed by atoms with Crippen molar-refractivity contribution in [1.29, 1.82) is 0 Å². The lowest BCUT2D eigenvalue weighted by atomic mass is 9.73. The van der Waals surface area contributed by atoms with Crippen molar-refractivity contribution >= 4 is 17.7 Å². The number of aliphatic hydroxyl groups is 2. The van der Waals surface area contributed by atoms with Gasteiger partial charge in [0.1, 0.15) is 35.3 Å². The molecule has 16 heteroatoms. The van der Waals surface area contributed by atoms with E-state index >= 15 is 0 Å². The number of carbonyl (C=O) groups is 3. The molecule has 0 aromatic heterocycles. The van der Waals surface area contributed by atoms with E-state index in [1.807, 2.05) is 83.9 Å². The molecular weight excluding hydrogens is 829 g/mol. The normalized spacial score (nSPS) is 41.9. The van der Waals surface area contributed by atoms with Crippen LogP contribution >= 0.6 is 0 Å². The summed E-state index contributed by atoms with van der Waals surface area (Å²) in [5.41, 5.74) is -3.12. The van der Waals surface area contributed by atoms with Crippen molar-refractivity contribution in [3.05, 3.63) is 35.9 Å². The second-order valence-corrected chi connectivity index (χ2v) is 19.4. The highest BCUT2D eigenvalue weighted by Crippen LogP contribution is 2.42. The lowest BCUT2D eigenvalue weighted by molar-refractivity contribution is -0.320. The Kier molecular flexibility index (Phi) is 19.3. The van der Waals surface area contributed by atoms with Crippen molar-refractivity contribution < 1.29 is 67.2 Å². The van der Waals surface area contributed by atoms with Gasteiger partial charge in [-0.2, -0.15) is 0 Å². The fourth-order valence-electron chi connectivity index (χ4n) is 10.2. The maximum Gasteiger partial charge on any atom is 0.311 e. The zero-order chi connectivity index (χ0) is 47.9. The van der Waals surface area contributed by atoms with Crippen LogP contribution in [0.2, 0.25) is 0 Å². The Bertz CT molecular complexity index is 1650. The number of ketones is 1. The van der Waals surface area contributed by atoms with Crippen LogP contribution in [0.25, 0.3) is 0 Å². The Morgan fingerprint density at radius 1 is 0.891 bits per heavy atom. The van der Waals surface area contributed by atoms with Crippen molar-refractivity contribution in [1.82, 2.24) is 10.2 Å². The van der Waals surface area contributed by atoms with E-state index in [1.54, 1.807) is 34.6 Å². The van der Waals surface area contributed by atoms with Crippen molar-refractivity contribution in [3.8, 4) is 0 Å². The highest BCUT2D eigenvalue weighted by molar-refractivity contribution is 5.83. The predicted octanol–water partition coefficient (Wildman–Crippen LogP) is 4.78. The van der Waals surface area contributed by atoms with Gasteiger partial charge in [0.15, 0.2) is 18.7 Å². The molecule has 3 N–H and O–H groups in total. The third kappa shape index (κ3) is 12.7. The van der Waals surface area contributed by atoms with E-state index in [1.165, 1.54) is 21.1 Å². The molecular formula is C48H80N2O14. The molecule has 4 rings (SSSR count). The Balaban J connectivity index is 1.83. The van der Waals surface area contributed by atoms with Crippen LogP contribution in [-0.4, -0.2) is 152 Å². The van der Waals surface area contributed by atoms with Crippen LogP contribution in [0.1, 0.15) is 107 Å². The molecule has 0 radical (unpaired) electrons. The predicted molar refractivity (Wildman–Crippen MR) is 238 cm³/mol. The van der Waals surface area contributed by atoms with Crippen LogP contribution in [0, 0.1) is 23.7 Å². The Hall–Kier alpha value is -2.61. The van der Waals surface area contributed by atoms with Crippen LogP contribution in [0.3, 0.4) is 0 Å². The number of hydrogen-bond donors (Lipinski definition) is 3. The van der Waals surface area contributed by atoms with Gasteiger partial charge in [-0.25, -0.2) is 0 Å². The molecule has 3 aliphatic heterocycles. The van der Waals surface area contributed by atoms with Crippen LogP contribution in [0.5, 0.6) is 0 Å². The van der Waals surface area contributed by atoms with Crippen LogP contribution < -0.4 is 5.32 Å². The van der Waals surface area contributed by atoms with Gasteiger partial charge in [0.2, 0.25) is 0 Å². The average Bonchev–Trinajstić information content (AvgIpc) is 3.24. The van der Waals surface area contributed by atoms with Gasteiger partial charge < -0.3 is 57.7 Å². The first-order chi connectivity index (χ1) is 29.9. The standard InChI is InChI=1S/C48H80N2O14/c1-16-36-48(11,55)42(58-26-49-25-34-20-18-17-19-21-34)29(4)38(52)27(2)23-46(9,56-14)41(64-45-39(53)35(50(12)13)22-28(3)59-45)30(5)40(31(6)44(54)62-36)63-37-24-47(10,57-15)43(32(7)60-37)61-33(8)51/h17-21,27-32,35-37,39-43,45,49,53,55H,16,22-26H2,1-15H3/t27-,28-,29+,30+,31-,32+,35+,36-,37?,39-,40+,41-,42-,43+,45+,46+,47-,48-/m1/s1. The number of esters is 2. The maximum atomic E-state index is 14.7. The third-order valence-electron chi connectivity index (χ3n) is 14.0. The molecule has 0 bridgehead atoms. The first-order valence-electron chi connectivity index (χ1n) is 23.0. The molecule has 3 saturated heterocycles. The van der Waals surface area contributed by atoms with Crippen molar-refractivity contribution in [2.45, 2.75) is 193 Å². The van der Waals surface area contributed by atoms with E-state index in [4.69, 9.17) is 42.6 Å². The highest BCUT2D eigenvalue weighted by atomic mass is 16.7. The average molecular weight is 909 g/mol. The van der Waals surface area contributed by atoms with E-state index < -0.39 is 108 Å². The largest absolute Gasteiger partial charge is 0.459 e. The minimum Gasteiger partial charge on any atom is -0.459 e. The number of Topliss-reactive ketones (excluding diaryl/α,β-unsaturated/α-hetero) is 1. The first kappa shape index (κ1) is 54.0. The highest BCUT2D eigenvalue weighted by Gasteiger charge is 2.55. The number of hydrogen-bond acceptors (Lipinski definition) is 16. The van der Waals surface area contributed by atoms with Gasteiger partial charge in [-0.3, -0.25) is 19.7 Å². The number of cyclic esters (lactones) is 1. The molecule has 1 aromatic rings. The van der Waals surface area contributed by atoms with Gasteiger partial charge in [-0.15, -0.1) is 0 Å². The molecule has 0 spiro atoms. The van der Waals surface area contributed by atoms with Crippen molar-refractivity contribution in [2.75, 3.05) is 35.0 Å². The number of ether oxygens (including phenoxy) is 9. The first-order valence-corrected chi connectivity index (χ1v) is 23.0. The molecule has 3 heterocycles. The molecule has 3 aliphatic rings. The van der Waals surface area contributed by atoms with Crippen molar-refractivity contribution in [2.24, 2.45) is 23.7 Å². The fourth-order valence-corrected chi connectivity index (χ4v) is 10.2. The van der Waals surface area contributed by atoms with Crippen LogP contribution in [0.4, 0.5) is 0 Å². The number of aliphatic hydroxyl groups excluding tert-OH is 1. The van der Waals surface area contributed by atoms with E-state index in [2.05, 4.69) is 5.32 Å². The lowest BCUT2D eigenvalue weighted by Crippen LogP contribution is -2.62. The Morgan fingerprint density at radius 3 is 2.09 bits per heavy atom. The number of methoxy groups -OCH3 is 2. The molecule has 0 aliphatic carbocycles. The monoisotopic (exact) mass is 909 g/mol. The smallest absolute Gasteiger partial charge is 0.311 e. The number of benzene rings is 1. The lowest BCUT2D eigenvalue weighted by Gasteiger charge is -2.50. The number of nitrogens with zero attached hydrogens (tertiary/aromatic N) is 1. The summed E-state index contributed by atoms with van der Waals surface area (Å²) in [6, 6.07) is 9.47. The second-order valence-electron chi connectivity index (χ2n) is 19.4.